The Bertz CT molecular complexity index is 213. The highest BCUT2D eigenvalue weighted by Gasteiger charge is 2.39. The molecule has 0 heterocycles. The maximum atomic E-state index is 9.33. The van der Waals surface area contributed by atoms with Gasteiger partial charge in [-0.3, -0.25) is 0 Å². The molecule has 0 aromatic heterocycles. The molecule has 0 saturated heterocycles. The minimum Gasteiger partial charge on any atom is -0.394 e. The molecule has 88 valence electrons. The largest absolute Gasteiger partial charge is 0.394 e. The Kier molecular flexibility index (Phi) is 3.36. The molecule has 2 bridgehead atoms. The summed E-state index contributed by atoms with van der Waals surface area (Å²) in [5.41, 5.74) is -0.0537. The van der Waals surface area contributed by atoms with Crippen LogP contribution in [0.3, 0.4) is 0 Å². The molecule has 0 amide bonds. The molecule has 0 spiro atoms. The molecule has 0 aromatic rings. The van der Waals surface area contributed by atoms with Crippen molar-refractivity contribution in [3.8, 4) is 0 Å². The van der Waals surface area contributed by atoms with Crippen molar-refractivity contribution < 1.29 is 5.11 Å². The SMILES string of the molecule is CCC(C)(CO)NCC1CC2CCC1C2. The van der Waals surface area contributed by atoms with Crippen molar-refractivity contribution in [1.29, 1.82) is 0 Å². The summed E-state index contributed by atoms with van der Waals surface area (Å²) in [5.74, 6) is 2.91. The van der Waals surface area contributed by atoms with Crippen LogP contribution >= 0.6 is 0 Å². The Hall–Kier alpha value is -0.0800. The van der Waals surface area contributed by atoms with E-state index >= 15 is 0 Å². The quantitative estimate of drug-likeness (QED) is 0.730. The molecule has 2 saturated carbocycles. The summed E-state index contributed by atoms with van der Waals surface area (Å²) < 4.78 is 0. The molecule has 2 aliphatic carbocycles. The molecule has 0 aliphatic heterocycles. The number of fused-ring (bicyclic) bond motifs is 2. The maximum absolute atomic E-state index is 9.33. The molecule has 0 aromatic carbocycles. The number of aliphatic hydroxyl groups excluding tert-OH is 1. The average molecular weight is 211 g/mol. The van der Waals surface area contributed by atoms with Gasteiger partial charge in [0.2, 0.25) is 0 Å². The minimum atomic E-state index is -0.0537. The van der Waals surface area contributed by atoms with Gasteiger partial charge in [0, 0.05) is 5.54 Å². The van der Waals surface area contributed by atoms with Crippen molar-refractivity contribution in [1.82, 2.24) is 5.32 Å². The molecule has 15 heavy (non-hydrogen) atoms. The van der Waals surface area contributed by atoms with Crippen LogP contribution < -0.4 is 5.32 Å². The zero-order valence-corrected chi connectivity index (χ0v) is 10.1. The molecule has 0 radical (unpaired) electrons. The van der Waals surface area contributed by atoms with Gasteiger partial charge < -0.3 is 10.4 Å². The predicted molar refractivity (Wildman–Crippen MR) is 62.7 cm³/mol. The summed E-state index contributed by atoms with van der Waals surface area (Å²) in [6, 6.07) is 0. The second-order valence-electron chi connectivity index (χ2n) is 5.89. The predicted octanol–water partition coefficient (Wildman–Crippen LogP) is 2.17. The van der Waals surface area contributed by atoms with E-state index in [1.165, 1.54) is 25.7 Å². The molecule has 4 atom stereocenters. The Balaban J connectivity index is 1.78. The van der Waals surface area contributed by atoms with Crippen molar-refractivity contribution >= 4 is 0 Å². The van der Waals surface area contributed by atoms with Gasteiger partial charge >= 0.3 is 0 Å². The summed E-state index contributed by atoms with van der Waals surface area (Å²) in [5, 5.41) is 12.9. The van der Waals surface area contributed by atoms with Gasteiger partial charge in [0.15, 0.2) is 0 Å². The molecule has 2 rings (SSSR count). The Morgan fingerprint density at radius 3 is 2.60 bits per heavy atom. The molecule has 2 aliphatic rings. The van der Waals surface area contributed by atoms with Crippen molar-refractivity contribution in [2.24, 2.45) is 17.8 Å². The number of rotatable bonds is 5. The molecule has 2 nitrogen and oxygen atoms in total. The maximum Gasteiger partial charge on any atom is 0.0610 e. The van der Waals surface area contributed by atoms with E-state index < -0.39 is 0 Å². The van der Waals surface area contributed by atoms with Crippen LogP contribution in [0.5, 0.6) is 0 Å². The monoisotopic (exact) mass is 211 g/mol. The summed E-state index contributed by atoms with van der Waals surface area (Å²) in [7, 11) is 0. The highest BCUT2D eigenvalue weighted by Crippen LogP contribution is 2.48. The third-order valence-corrected chi connectivity index (χ3v) is 4.80. The van der Waals surface area contributed by atoms with Gasteiger partial charge in [-0.05, 0) is 56.9 Å². The molecule has 2 heteroatoms. The highest BCUT2D eigenvalue weighted by molar-refractivity contribution is 4.92. The van der Waals surface area contributed by atoms with Crippen molar-refractivity contribution in [3.05, 3.63) is 0 Å². The average Bonchev–Trinajstić information content (AvgIpc) is 2.87. The summed E-state index contributed by atoms with van der Waals surface area (Å²) in [6.45, 7) is 5.64. The lowest BCUT2D eigenvalue weighted by Crippen LogP contribution is -2.47. The zero-order chi connectivity index (χ0) is 10.9. The lowest BCUT2D eigenvalue weighted by Gasteiger charge is -2.31. The third kappa shape index (κ3) is 2.36. The van der Waals surface area contributed by atoms with Crippen molar-refractivity contribution in [3.63, 3.8) is 0 Å². The summed E-state index contributed by atoms with van der Waals surface area (Å²) in [4.78, 5) is 0. The minimum absolute atomic E-state index is 0.0537. The first kappa shape index (κ1) is 11.4. The van der Waals surface area contributed by atoms with Gasteiger partial charge in [0.25, 0.3) is 0 Å². The number of aliphatic hydroxyl groups is 1. The van der Waals surface area contributed by atoms with Crippen LogP contribution in [0.1, 0.15) is 46.0 Å². The first-order valence-electron chi connectivity index (χ1n) is 6.53. The van der Waals surface area contributed by atoms with Crippen LogP contribution in [-0.4, -0.2) is 23.8 Å². The third-order valence-electron chi connectivity index (χ3n) is 4.80. The summed E-state index contributed by atoms with van der Waals surface area (Å²) >= 11 is 0. The lowest BCUT2D eigenvalue weighted by molar-refractivity contribution is 0.157. The van der Waals surface area contributed by atoms with E-state index in [1.807, 2.05) is 0 Å². The van der Waals surface area contributed by atoms with E-state index in [2.05, 4.69) is 19.2 Å². The second kappa shape index (κ2) is 4.42. The fourth-order valence-corrected chi connectivity index (χ4v) is 3.30. The van der Waals surface area contributed by atoms with Crippen molar-refractivity contribution in [2.75, 3.05) is 13.2 Å². The fourth-order valence-electron chi connectivity index (χ4n) is 3.30. The normalized spacial score (nSPS) is 38.2. The van der Waals surface area contributed by atoms with Crippen LogP contribution in [0.4, 0.5) is 0 Å². The van der Waals surface area contributed by atoms with Gasteiger partial charge in [-0.15, -0.1) is 0 Å². The number of hydrogen-bond donors (Lipinski definition) is 2. The van der Waals surface area contributed by atoms with Gasteiger partial charge in [-0.1, -0.05) is 13.3 Å². The Morgan fingerprint density at radius 1 is 1.33 bits per heavy atom. The standard InChI is InChI=1S/C13H25NO/c1-3-13(2,9-15)14-8-12-7-10-4-5-11(12)6-10/h10-12,14-15H,3-9H2,1-2H3. The van der Waals surface area contributed by atoms with E-state index in [4.69, 9.17) is 0 Å². The molecular formula is C13H25NO. The van der Waals surface area contributed by atoms with Crippen LogP contribution in [0.2, 0.25) is 0 Å². The van der Waals surface area contributed by atoms with E-state index in [0.717, 1.165) is 30.7 Å². The first-order valence-corrected chi connectivity index (χ1v) is 6.53. The first-order chi connectivity index (χ1) is 7.17. The highest BCUT2D eigenvalue weighted by atomic mass is 16.3. The van der Waals surface area contributed by atoms with Gasteiger partial charge in [0.05, 0.1) is 6.61 Å². The fraction of sp³-hybridized carbons (Fsp3) is 1.00. The van der Waals surface area contributed by atoms with Gasteiger partial charge in [-0.2, -0.15) is 0 Å². The molecule has 2 fully saturated rings. The number of nitrogens with one attached hydrogen (secondary N) is 1. The van der Waals surface area contributed by atoms with Crippen LogP contribution in [-0.2, 0) is 0 Å². The topological polar surface area (TPSA) is 32.3 Å². The molecule has 2 N–H and O–H groups in total. The van der Waals surface area contributed by atoms with E-state index in [9.17, 15) is 5.11 Å². The molecular weight excluding hydrogens is 186 g/mol. The Morgan fingerprint density at radius 2 is 2.13 bits per heavy atom. The lowest BCUT2D eigenvalue weighted by atomic mass is 9.88. The van der Waals surface area contributed by atoms with Gasteiger partial charge in [0.1, 0.15) is 0 Å². The van der Waals surface area contributed by atoms with Crippen LogP contribution in [0.25, 0.3) is 0 Å². The van der Waals surface area contributed by atoms with E-state index in [0.29, 0.717) is 0 Å². The van der Waals surface area contributed by atoms with Crippen molar-refractivity contribution in [2.45, 2.75) is 51.5 Å². The van der Waals surface area contributed by atoms with Crippen LogP contribution in [0, 0.1) is 17.8 Å². The van der Waals surface area contributed by atoms with E-state index in [1.54, 1.807) is 0 Å². The zero-order valence-electron chi connectivity index (χ0n) is 10.1. The van der Waals surface area contributed by atoms with Gasteiger partial charge in [-0.25, -0.2) is 0 Å². The Labute approximate surface area is 93.5 Å². The number of hydrogen-bond acceptors (Lipinski definition) is 2. The van der Waals surface area contributed by atoms with Crippen LogP contribution in [0.15, 0.2) is 0 Å². The smallest absolute Gasteiger partial charge is 0.0610 e. The summed E-state index contributed by atoms with van der Waals surface area (Å²) in [6.07, 6.45) is 6.85. The van der Waals surface area contributed by atoms with E-state index in [-0.39, 0.29) is 12.1 Å². The molecule has 4 unspecified atom stereocenters. The second-order valence-corrected chi connectivity index (χ2v) is 5.89.